The van der Waals surface area contributed by atoms with Crippen LogP contribution in [0.1, 0.15) is 60.4 Å². The van der Waals surface area contributed by atoms with Gasteiger partial charge >= 0.3 is 0 Å². The van der Waals surface area contributed by atoms with Crippen LogP contribution in [0, 0.1) is 5.92 Å². The first-order valence-electron chi connectivity index (χ1n) is 12.1. The summed E-state index contributed by atoms with van der Waals surface area (Å²) in [5, 5.41) is 3.16. The molecule has 2 aliphatic heterocycles. The maximum atomic E-state index is 12.8. The molecular formula is C26H34N4O2. The van der Waals surface area contributed by atoms with Crippen molar-refractivity contribution in [3.63, 3.8) is 0 Å². The average Bonchev–Trinajstić information content (AvgIpc) is 3.26. The van der Waals surface area contributed by atoms with Crippen LogP contribution in [0.25, 0.3) is 11.1 Å². The van der Waals surface area contributed by atoms with E-state index in [4.69, 9.17) is 10.5 Å². The Bertz CT molecular complexity index is 935. The minimum absolute atomic E-state index is 0.108. The van der Waals surface area contributed by atoms with Gasteiger partial charge in [-0.05, 0) is 48.9 Å². The summed E-state index contributed by atoms with van der Waals surface area (Å²) in [6.07, 6.45) is 8.69. The Balaban J connectivity index is 1.24. The van der Waals surface area contributed by atoms with Crippen molar-refractivity contribution in [2.75, 3.05) is 38.6 Å². The number of nitrogen functional groups attached to an aromatic ring is 1. The third kappa shape index (κ3) is 4.81. The van der Waals surface area contributed by atoms with Gasteiger partial charge in [0.15, 0.2) is 0 Å². The molecule has 0 radical (unpaired) electrons. The van der Waals surface area contributed by atoms with Crippen LogP contribution in [0.15, 0.2) is 36.5 Å². The van der Waals surface area contributed by atoms with Gasteiger partial charge < -0.3 is 20.7 Å². The van der Waals surface area contributed by atoms with E-state index in [1.165, 1.54) is 37.8 Å². The van der Waals surface area contributed by atoms with Crippen LogP contribution in [0.3, 0.4) is 0 Å². The fourth-order valence-electron chi connectivity index (χ4n) is 5.30. The molecule has 6 nitrogen and oxygen atoms in total. The van der Waals surface area contributed by atoms with E-state index in [1.54, 1.807) is 6.20 Å². The van der Waals surface area contributed by atoms with Crippen molar-refractivity contribution in [2.45, 2.75) is 50.5 Å². The summed E-state index contributed by atoms with van der Waals surface area (Å²) in [5.74, 6) is 1.50. The minimum atomic E-state index is -0.108. The van der Waals surface area contributed by atoms with E-state index in [1.807, 2.05) is 6.07 Å². The zero-order valence-electron chi connectivity index (χ0n) is 18.8. The smallest absolute Gasteiger partial charge is 0.255 e. The standard InChI is InChI=1S/C26H34N4O2/c27-25-24(26(31)29-23-4-2-1-3-5-23)12-22(13-28-25)20-8-6-19(7-9-20)21-10-11-30(15-21)14-18-16-32-17-18/h6-9,12-13,18,21,23H,1-5,10-11,14-17H2,(H2,27,28)(H,29,31). The highest BCUT2D eigenvalue weighted by atomic mass is 16.5. The van der Waals surface area contributed by atoms with E-state index in [-0.39, 0.29) is 11.9 Å². The van der Waals surface area contributed by atoms with Crippen molar-refractivity contribution in [3.05, 3.63) is 47.7 Å². The van der Waals surface area contributed by atoms with Gasteiger partial charge in [0.05, 0.1) is 18.8 Å². The summed E-state index contributed by atoms with van der Waals surface area (Å²) in [5.41, 5.74) is 9.91. The normalized spacial score (nSPS) is 22.6. The molecule has 5 rings (SSSR count). The number of nitrogens with one attached hydrogen (secondary N) is 1. The predicted octanol–water partition coefficient (Wildman–Crippen LogP) is 3.83. The SMILES string of the molecule is Nc1ncc(-c2ccc(C3CCN(CC4COC4)C3)cc2)cc1C(=O)NC1CCCCC1. The first-order chi connectivity index (χ1) is 15.7. The fourth-order valence-corrected chi connectivity index (χ4v) is 5.30. The second-order valence-electron chi connectivity index (χ2n) is 9.74. The number of benzene rings is 1. The number of amides is 1. The predicted molar refractivity (Wildman–Crippen MR) is 127 cm³/mol. The molecule has 1 amide bonds. The van der Waals surface area contributed by atoms with Crippen molar-refractivity contribution >= 4 is 11.7 Å². The van der Waals surface area contributed by atoms with Crippen molar-refractivity contribution in [1.82, 2.24) is 15.2 Å². The lowest BCUT2D eigenvalue weighted by molar-refractivity contribution is -0.0440. The second kappa shape index (κ2) is 9.59. The van der Waals surface area contributed by atoms with Gasteiger partial charge in [0, 0.05) is 36.8 Å². The third-order valence-electron chi connectivity index (χ3n) is 7.31. The number of hydrogen-bond donors (Lipinski definition) is 2. The van der Waals surface area contributed by atoms with Gasteiger partial charge in [0.1, 0.15) is 5.82 Å². The summed E-state index contributed by atoms with van der Waals surface area (Å²) in [6.45, 7) is 5.31. The highest BCUT2D eigenvalue weighted by Crippen LogP contribution is 2.31. The molecule has 170 valence electrons. The molecule has 1 atom stereocenters. The number of aromatic nitrogens is 1. The number of rotatable bonds is 6. The van der Waals surface area contributed by atoms with Gasteiger partial charge in [0.2, 0.25) is 0 Å². The first-order valence-corrected chi connectivity index (χ1v) is 12.1. The zero-order chi connectivity index (χ0) is 21.9. The van der Waals surface area contributed by atoms with Gasteiger partial charge in [-0.3, -0.25) is 4.79 Å². The van der Waals surface area contributed by atoms with Crippen LogP contribution in [0.5, 0.6) is 0 Å². The van der Waals surface area contributed by atoms with E-state index in [9.17, 15) is 4.79 Å². The third-order valence-corrected chi connectivity index (χ3v) is 7.31. The molecule has 3 aliphatic rings. The van der Waals surface area contributed by atoms with Gasteiger partial charge in [-0.15, -0.1) is 0 Å². The van der Waals surface area contributed by atoms with Crippen LogP contribution in [0.4, 0.5) is 5.82 Å². The number of carbonyl (C=O) groups excluding carboxylic acids is 1. The number of ether oxygens (including phenoxy) is 1. The summed E-state index contributed by atoms with van der Waals surface area (Å²) >= 11 is 0. The maximum Gasteiger partial charge on any atom is 0.255 e. The van der Waals surface area contributed by atoms with Crippen LogP contribution >= 0.6 is 0 Å². The Morgan fingerprint density at radius 3 is 2.59 bits per heavy atom. The summed E-state index contributed by atoms with van der Waals surface area (Å²) in [7, 11) is 0. The minimum Gasteiger partial charge on any atom is -0.383 e. The molecule has 3 heterocycles. The van der Waals surface area contributed by atoms with E-state index >= 15 is 0 Å². The van der Waals surface area contributed by atoms with Crippen molar-refractivity contribution < 1.29 is 9.53 Å². The molecule has 32 heavy (non-hydrogen) atoms. The highest BCUT2D eigenvalue weighted by Gasteiger charge is 2.28. The van der Waals surface area contributed by atoms with Crippen molar-refractivity contribution in [2.24, 2.45) is 5.92 Å². The number of hydrogen-bond acceptors (Lipinski definition) is 5. The zero-order valence-corrected chi connectivity index (χ0v) is 18.8. The second-order valence-corrected chi connectivity index (χ2v) is 9.74. The van der Waals surface area contributed by atoms with Gasteiger partial charge in [0.25, 0.3) is 5.91 Å². The molecule has 6 heteroatoms. The first kappa shape index (κ1) is 21.4. The average molecular weight is 435 g/mol. The number of carbonyl (C=O) groups is 1. The van der Waals surface area contributed by atoms with Crippen molar-refractivity contribution in [1.29, 1.82) is 0 Å². The molecule has 2 aromatic rings. The molecule has 0 spiro atoms. The highest BCUT2D eigenvalue weighted by molar-refractivity contribution is 5.99. The molecule has 1 aromatic carbocycles. The molecular weight excluding hydrogens is 400 g/mol. The summed E-state index contributed by atoms with van der Waals surface area (Å²) < 4.78 is 5.32. The Morgan fingerprint density at radius 1 is 1.09 bits per heavy atom. The summed E-state index contributed by atoms with van der Waals surface area (Å²) in [4.78, 5) is 19.7. The number of nitrogens with zero attached hydrogens (tertiary/aromatic N) is 2. The molecule has 2 saturated heterocycles. The monoisotopic (exact) mass is 434 g/mol. The summed E-state index contributed by atoms with van der Waals surface area (Å²) in [6, 6.07) is 10.9. The Morgan fingerprint density at radius 2 is 1.88 bits per heavy atom. The van der Waals surface area contributed by atoms with Gasteiger partial charge in [-0.2, -0.15) is 0 Å². The van der Waals surface area contributed by atoms with E-state index in [0.29, 0.717) is 17.3 Å². The number of anilines is 1. The Labute approximate surface area is 190 Å². The van der Waals surface area contributed by atoms with Crippen LogP contribution in [0.2, 0.25) is 0 Å². The van der Waals surface area contributed by atoms with Gasteiger partial charge in [-0.1, -0.05) is 43.5 Å². The topological polar surface area (TPSA) is 80.5 Å². The van der Waals surface area contributed by atoms with Gasteiger partial charge in [-0.25, -0.2) is 4.98 Å². The number of pyridine rings is 1. The van der Waals surface area contributed by atoms with E-state index < -0.39 is 0 Å². The Hall–Kier alpha value is -2.44. The maximum absolute atomic E-state index is 12.8. The van der Waals surface area contributed by atoms with Crippen LogP contribution < -0.4 is 11.1 Å². The molecule has 1 saturated carbocycles. The lowest BCUT2D eigenvalue weighted by Crippen LogP contribution is -2.38. The molecule has 3 N–H and O–H groups in total. The number of nitrogens with two attached hydrogens (primary N) is 1. The molecule has 1 unspecified atom stereocenters. The van der Waals surface area contributed by atoms with E-state index in [0.717, 1.165) is 56.2 Å². The van der Waals surface area contributed by atoms with Crippen LogP contribution in [-0.4, -0.2) is 54.7 Å². The molecule has 0 bridgehead atoms. The largest absolute Gasteiger partial charge is 0.383 e. The fraction of sp³-hybridized carbons (Fsp3) is 0.538. The number of likely N-dealkylation sites (tertiary alicyclic amines) is 1. The molecule has 1 aliphatic carbocycles. The Kier molecular flexibility index (Phi) is 6.42. The van der Waals surface area contributed by atoms with Crippen molar-refractivity contribution in [3.8, 4) is 11.1 Å². The molecule has 3 fully saturated rings. The lowest BCUT2D eigenvalue weighted by atomic mass is 9.94. The quantitative estimate of drug-likeness (QED) is 0.722. The molecule has 1 aromatic heterocycles. The van der Waals surface area contributed by atoms with Crippen LogP contribution in [-0.2, 0) is 4.74 Å². The van der Waals surface area contributed by atoms with E-state index in [2.05, 4.69) is 39.5 Å². The lowest BCUT2D eigenvalue weighted by Gasteiger charge is -2.30.